The summed E-state index contributed by atoms with van der Waals surface area (Å²) in [5.41, 5.74) is 0.616. The minimum absolute atomic E-state index is 0.0326. The molecule has 0 bridgehead atoms. The van der Waals surface area contributed by atoms with Crippen LogP contribution in [0, 0.1) is 21.8 Å². The molecule has 0 saturated heterocycles. The van der Waals surface area contributed by atoms with E-state index in [1.54, 1.807) is 18.2 Å². The third kappa shape index (κ3) is 3.36. The second kappa shape index (κ2) is 6.16. The molecule has 1 N–H and O–H groups in total. The molecule has 118 valence electrons. The van der Waals surface area contributed by atoms with Crippen LogP contribution in [0.3, 0.4) is 0 Å². The number of nitro groups is 1. The van der Waals surface area contributed by atoms with Crippen LogP contribution in [0.5, 0.6) is 0 Å². The van der Waals surface area contributed by atoms with E-state index in [1.807, 2.05) is 0 Å². The third-order valence-electron chi connectivity index (χ3n) is 3.95. The molecule has 1 aliphatic rings. The Labute approximate surface area is 132 Å². The van der Waals surface area contributed by atoms with Crippen molar-refractivity contribution in [2.24, 2.45) is 5.92 Å². The maximum absolute atomic E-state index is 13.1. The number of hydrogen-bond acceptors (Lipinski definition) is 3. The zero-order valence-corrected chi connectivity index (χ0v) is 12.2. The van der Waals surface area contributed by atoms with Gasteiger partial charge in [-0.2, -0.15) is 0 Å². The molecule has 0 aromatic heterocycles. The van der Waals surface area contributed by atoms with Crippen LogP contribution < -0.4 is 5.32 Å². The Hall–Kier alpha value is -2.76. The molecule has 1 aliphatic carbocycles. The fraction of sp³-hybridized carbons (Fsp3) is 0.235. The molecule has 3 rings (SSSR count). The van der Waals surface area contributed by atoms with Crippen LogP contribution in [0.15, 0.2) is 48.5 Å². The van der Waals surface area contributed by atoms with Crippen LogP contribution in [-0.4, -0.2) is 10.8 Å². The van der Waals surface area contributed by atoms with Crippen molar-refractivity contribution in [2.75, 3.05) is 0 Å². The summed E-state index contributed by atoms with van der Waals surface area (Å²) in [4.78, 5) is 22.9. The molecule has 0 heterocycles. The molecule has 0 unspecified atom stereocenters. The third-order valence-corrected chi connectivity index (χ3v) is 3.95. The van der Waals surface area contributed by atoms with Crippen molar-refractivity contribution >= 4 is 11.6 Å². The standard InChI is InChI=1S/C17H15FN2O3/c18-13-9-7-12(8-10-13)16(11-5-6-11)19-17(21)14-3-1-2-4-15(14)20(22)23/h1-4,7-11,16H,5-6H2,(H,19,21)/t16-/m0/s1. The van der Waals surface area contributed by atoms with E-state index in [2.05, 4.69) is 5.32 Å². The minimum atomic E-state index is -0.570. The van der Waals surface area contributed by atoms with E-state index in [0.29, 0.717) is 0 Å². The number of nitro benzene ring substituents is 1. The average Bonchev–Trinajstić information content (AvgIpc) is 3.38. The van der Waals surface area contributed by atoms with Gasteiger partial charge in [0.2, 0.25) is 0 Å². The van der Waals surface area contributed by atoms with E-state index >= 15 is 0 Å². The highest BCUT2D eigenvalue weighted by molar-refractivity contribution is 5.98. The molecule has 6 heteroatoms. The number of amides is 1. The highest BCUT2D eigenvalue weighted by Crippen LogP contribution is 2.41. The molecule has 2 aromatic rings. The van der Waals surface area contributed by atoms with Crippen molar-refractivity contribution in [3.8, 4) is 0 Å². The van der Waals surface area contributed by atoms with E-state index in [-0.39, 0.29) is 29.0 Å². The van der Waals surface area contributed by atoms with Gasteiger partial charge in [0.1, 0.15) is 11.4 Å². The van der Waals surface area contributed by atoms with Gasteiger partial charge in [-0.1, -0.05) is 24.3 Å². The zero-order chi connectivity index (χ0) is 16.4. The van der Waals surface area contributed by atoms with Gasteiger partial charge in [-0.3, -0.25) is 14.9 Å². The molecular weight excluding hydrogens is 299 g/mol. The van der Waals surface area contributed by atoms with Crippen molar-refractivity contribution < 1.29 is 14.1 Å². The maximum atomic E-state index is 13.1. The van der Waals surface area contributed by atoms with Crippen LogP contribution in [0.2, 0.25) is 0 Å². The first-order chi connectivity index (χ1) is 11.1. The van der Waals surface area contributed by atoms with Crippen LogP contribution in [0.25, 0.3) is 0 Å². The van der Waals surface area contributed by atoms with Crippen molar-refractivity contribution in [3.63, 3.8) is 0 Å². The molecule has 1 atom stereocenters. The summed E-state index contributed by atoms with van der Waals surface area (Å²) in [5, 5.41) is 13.9. The number of nitrogens with one attached hydrogen (secondary N) is 1. The fourth-order valence-electron chi connectivity index (χ4n) is 2.62. The number of para-hydroxylation sites is 1. The van der Waals surface area contributed by atoms with Gasteiger partial charge in [0, 0.05) is 6.07 Å². The summed E-state index contributed by atoms with van der Waals surface area (Å²) >= 11 is 0. The van der Waals surface area contributed by atoms with Crippen LogP contribution in [0.4, 0.5) is 10.1 Å². The lowest BCUT2D eigenvalue weighted by atomic mass is 10.0. The number of carbonyl (C=O) groups is 1. The number of carbonyl (C=O) groups excluding carboxylic acids is 1. The fourth-order valence-corrected chi connectivity index (χ4v) is 2.62. The first kappa shape index (κ1) is 15.1. The lowest BCUT2D eigenvalue weighted by molar-refractivity contribution is -0.385. The van der Waals surface area contributed by atoms with Crippen LogP contribution in [-0.2, 0) is 0 Å². The predicted molar refractivity (Wildman–Crippen MR) is 82.4 cm³/mol. The summed E-state index contributed by atoms with van der Waals surface area (Å²) in [5.74, 6) is -0.543. The Morgan fingerprint density at radius 2 is 1.83 bits per heavy atom. The smallest absolute Gasteiger partial charge is 0.282 e. The van der Waals surface area contributed by atoms with Crippen molar-refractivity contribution in [1.29, 1.82) is 0 Å². The molecular formula is C17H15FN2O3. The van der Waals surface area contributed by atoms with Crippen molar-refractivity contribution in [3.05, 3.63) is 75.6 Å². The molecule has 5 nitrogen and oxygen atoms in total. The Bertz CT molecular complexity index is 742. The van der Waals surface area contributed by atoms with Crippen molar-refractivity contribution in [1.82, 2.24) is 5.32 Å². The first-order valence-electron chi connectivity index (χ1n) is 7.36. The quantitative estimate of drug-likeness (QED) is 0.677. The molecule has 1 amide bonds. The monoisotopic (exact) mass is 314 g/mol. The number of halogens is 1. The van der Waals surface area contributed by atoms with Crippen LogP contribution in [0.1, 0.15) is 34.8 Å². The maximum Gasteiger partial charge on any atom is 0.282 e. The van der Waals surface area contributed by atoms with Gasteiger partial charge in [0.15, 0.2) is 0 Å². The average molecular weight is 314 g/mol. The Balaban J connectivity index is 1.85. The van der Waals surface area contributed by atoms with Gasteiger partial charge >= 0.3 is 0 Å². The van der Waals surface area contributed by atoms with Crippen molar-refractivity contribution in [2.45, 2.75) is 18.9 Å². The van der Waals surface area contributed by atoms with E-state index in [1.165, 1.54) is 30.3 Å². The second-order valence-corrected chi connectivity index (χ2v) is 5.61. The summed E-state index contributed by atoms with van der Waals surface area (Å²) in [6, 6.07) is 11.6. The van der Waals surface area contributed by atoms with E-state index in [9.17, 15) is 19.3 Å². The lowest BCUT2D eigenvalue weighted by Gasteiger charge is -2.19. The normalized spacial score (nSPS) is 15.0. The summed E-state index contributed by atoms with van der Waals surface area (Å²) < 4.78 is 13.1. The first-order valence-corrected chi connectivity index (χ1v) is 7.36. The topological polar surface area (TPSA) is 72.2 Å². The van der Waals surface area contributed by atoms with E-state index in [0.717, 1.165) is 18.4 Å². The van der Waals surface area contributed by atoms with E-state index < -0.39 is 10.8 Å². The Morgan fingerprint density at radius 1 is 1.17 bits per heavy atom. The van der Waals surface area contributed by atoms with Gasteiger partial charge in [-0.05, 0) is 42.5 Å². The molecule has 2 aromatic carbocycles. The van der Waals surface area contributed by atoms with Gasteiger partial charge in [-0.25, -0.2) is 4.39 Å². The van der Waals surface area contributed by atoms with Crippen LogP contribution >= 0.6 is 0 Å². The number of rotatable bonds is 5. The Kier molecular flexibility index (Phi) is 4.06. The molecule has 1 fully saturated rings. The number of hydrogen-bond donors (Lipinski definition) is 1. The second-order valence-electron chi connectivity index (χ2n) is 5.61. The molecule has 23 heavy (non-hydrogen) atoms. The van der Waals surface area contributed by atoms with Gasteiger partial charge in [0.25, 0.3) is 11.6 Å². The SMILES string of the molecule is O=C(N[C@H](c1ccc(F)cc1)C1CC1)c1ccccc1[N+](=O)[O-]. The highest BCUT2D eigenvalue weighted by Gasteiger charge is 2.34. The molecule has 0 spiro atoms. The molecule has 0 radical (unpaired) electrons. The predicted octanol–water partition coefficient (Wildman–Crippen LogP) is 3.62. The highest BCUT2D eigenvalue weighted by atomic mass is 19.1. The summed E-state index contributed by atoms with van der Waals surface area (Å²) in [7, 11) is 0. The number of benzene rings is 2. The molecule has 1 saturated carbocycles. The summed E-state index contributed by atoms with van der Waals surface area (Å²) in [6.45, 7) is 0. The van der Waals surface area contributed by atoms with E-state index in [4.69, 9.17) is 0 Å². The number of nitrogens with zero attached hydrogens (tertiary/aromatic N) is 1. The minimum Gasteiger partial charge on any atom is -0.345 e. The van der Waals surface area contributed by atoms with Gasteiger partial charge < -0.3 is 5.32 Å². The summed E-state index contributed by atoms with van der Waals surface area (Å²) in [6.07, 6.45) is 1.94. The largest absolute Gasteiger partial charge is 0.345 e. The van der Waals surface area contributed by atoms with Gasteiger partial charge in [0.05, 0.1) is 11.0 Å². The van der Waals surface area contributed by atoms with Gasteiger partial charge in [-0.15, -0.1) is 0 Å². The zero-order valence-electron chi connectivity index (χ0n) is 12.2. The lowest BCUT2D eigenvalue weighted by Crippen LogP contribution is -2.30. The Morgan fingerprint density at radius 3 is 2.43 bits per heavy atom. The molecule has 0 aliphatic heterocycles.